The fourth-order valence-electron chi connectivity index (χ4n) is 0.960. The predicted molar refractivity (Wildman–Crippen MR) is 54.0 cm³/mol. The summed E-state index contributed by atoms with van der Waals surface area (Å²) in [5.41, 5.74) is 5.14. The van der Waals surface area contributed by atoms with E-state index in [0.717, 1.165) is 0 Å². The lowest BCUT2D eigenvalue weighted by molar-refractivity contribution is -0.126. The van der Waals surface area contributed by atoms with Crippen molar-refractivity contribution in [2.24, 2.45) is 5.73 Å². The van der Waals surface area contributed by atoms with Gasteiger partial charge in [0.05, 0.1) is 12.1 Å². The molecule has 13 heavy (non-hydrogen) atoms. The van der Waals surface area contributed by atoms with E-state index in [2.05, 4.69) is 17.2 Å². The highest BCUT2D eigenvalue weighted by molar-refractivity contribution is 5.86. The second-order valence-corrected chi connectivity index (χ2v) is 2.97. The molecule has 0 bridgehead atoms. The maximum atomic E-state index is 11.5. The minimum atomic E-state index is -0.727. The van der Waals surface area contributed by atoms with Crippen molar-refractivity contribution in [2.45, 2.75) is 39.2 Å². The molecule has 0 heterocycles. The van der Waals surface area contributed by atoms with Crippen LogP contribution >= 0.6 is 0 Å². The molecule has 0 saturated heterocycles. The van der Waals surface area contributed by atoms with Gasteiger partial charge in [-0.2, -0.15) is 0 Å². The lowest BCUT2D eigenvalue weighted by atomic mass is 9.93. The molecule has 0 unspecified atom stereocenters. The number of nitrogens with one attached hydrogen (secondary N) is 1. The van der Waals surface area contributed by atoms with Gasteiger partial charge in [0.25, 0.3) is 0 Å². The summed E-state index contributed by atoms with van der Waals surface area (Å²) in [6, 6.07) is 0. The summed E-state index contributed by atoms with van der Waals surface area (Å²) in [7, 11) is 0. The molecule has 0 aromatic heterocycles. The van der Waals surface area contributed by atoms with Crippen LogP contribution in [0.1, 0.15) is 33.6 Å². The van der Waals surface area contributed by atoms with Gasteiger partial charge in [-0.15, -0.1) is 5.92 Å². The molecule has 74 valence electrons. The first-order valence-corrected chi connectivity index (χ1v) is 4.57. The number of carbonyl (C=O) groups is 1. The average molecular weight is 182 g/mol. The van der Waals surface area contributed by atoms with Crippen LogP contribution in [0.2, 0.25) is 0 Å². The number of carbonyl (C=O) groups excluding carboxylic acids is 1. The maximum Gasteiger partial charge on any atom is 0.240 e. The highest BCUT2D eigenvalue weighted by Gasteiger charge is 2.28. The first-order valence-electron chi connectivity index (χ1n) is 4.57. The van der Waals surface area contributed by atoms with Crippen LogP contribution in [-0.4, -0.2) is 18.0 Å². The molecule has 3 N–H and O–H groups in total. The maximum absolute atomic E-state index is 11.5. The van der Waals surface area contributed by atoms with Crippen LogP contribution in [0.3, 0.4) is 0 Å². The van der Waals surface area contributed by atoms with E-state index in [0.29, 0.717) is 19.4 Å². The second-order valence-electron chi connectivity index (χ2n) is 2.97. The molecule has 0 fully saturated rings. The van der Waals surface area contributed by atoms with Crippen LogP contribution in [0, 0.1) is 11.8 Å². The molecule has 0 aliphatic carbocycles. The molecule has 0 aliphatic rings. The second kappa shape index (κ2) is 5.60. The molecular weight excluding hydrogens is 164 g/mol. The van der Waals surface area contributed by atoms with Gasteiger partial charge in [0.15, 0.2) is 0 Å². The molecule has 0 aromatic carbocycles. The third kappa shape index (κ3) is 3.47. The molecule has 1 amide bonds. The van der Waals surface area contributed by atoms with Crippen LogP contribution in [0.15, 0.2) is 0 Å². The number of nitrogens with two attached hydrogens (primary N) is 1. The molecule has 0 saturated carbocycles. The van der Waals surface area contributed by atoms with Crippen molar-refractivity contribution >= 4 is 5.91 Å². The van der Waals surface area contributed by atoms with Crippen molar-refractivity contribution < 1.29 is 4.79 Å². The minimum absolute atomic E-state index is 0.111. The SMILES string of the molecule is CC#CCNC(=O)C(N)(CC)CC. The van der Waals surface area contributed by atoms with Gasteiger partial charge in [-0.3, -0.25) is 4.79 Å². The Bertz CT molecular complexity index is 221. The van der Waals surface area contributed by atoms with Crippen LogP contribution < -0.4 is 11.1 Å². The van der Waals surface area contributed by atoms with Gasteiger partial charge in [-0.1, -0.05) is 19.8 Å². The molecular formula is C10H18N2O. The van der Waals surface area contributed by atoms with E-state index < -0.39 is 5.54 Å². The van der Waals surface area contributed by atoms with Crippen LogP contribution in [0.25, 0.3) is 0 Å². The number of amides is 1. The molecule has 3 nitrogen and oxygen atoms in total. The molecule has 0 aliphatic heterocycles. The summed E-state index contributed by atoms with van der Waals surface area (Å²) in [5, 5.41) is 2.69. The third-order valence-corrected chi connectivity index (χ3v) is 2.23. The first-order chi connectivity index (χ1) is 6.10. The molecule has 0 radical (unpaired) electrons. The monoisotopic (exact) mass is 182 g/mol. The number of hydrogen-bond acceptors (Lipinski definition) is 2. The zero-order valence-corrected chi connectivity index (χ0v) is 8.61. The standard InChI is InChI=1S/C10H18N2O/c1-4-7-8-12-9(13)10(11,5-2)6-3/h5-6,8,11H2,1-3H3,(H,12,13). The first kappa shape index (κ1) is 12.0. The highest BCUT2D eigenvalue weighted by Crippen LogP contribution is 2.10. The molecule has 0 spiro atoms. The topological polar surface area (TPSA) is 55.1 Å². The van der Waals surface area contributed by atoms with Crippen molar-refractivity contribution in [2.75, 3.05) is 6.54 Å². The van der Waals surface area contributed by atoms with E-state index in [1.54, 1.807) is 6.92 Å². The Morgan fingerprint density at radius 2 is 2.00 bits per heavy atom. The van der Waals surface area contributed by atoms with Gasteiger partial charge in [-0.25, -0.2) is 0 Å². The van der Waals surface area contributed by atoms with Crippen LogP contribution in [0.4, 0.5) is 0 Å². The predicted octanol–water partition coefficient (Wildman–Crippen LogP) is 0.643. The lowest BCUT2D eigenvalue weighted by Gasteiger charge is -2.24. The van der Waals surface area contributed by atoms with E-state index in [9.17, 15) is 4.79 Å². The van der Waals surface area contributed by atoms with E-state index in [1.165, 1.54) is 0 Å². The van der Waals surface area contributed by atoms with E-state index in [-0.39, 0.29) is 5.91 Å². The molecule has 3 heteroatoms. The minimum Gasteiger partial charge on any atom is -0.344 e. The molecule has 0 aromatic rings. The molecule has 0 rings (SSSR count). The van der Waals surface area contributed by atoms with E-state index >= 15 is 0 Å². The van der Waals surface area contributed by atoms with Gasteiger partial charge >= 0.3 is 0 Å². The Morgan fingerprint density at radius 1 is 1.46 bits per heavy atom. The van der Waals surface area contributed by atoms with Crippen molar-refractivity contribution in [3.63, 3.8) is 0 Å². The summed E-state index contributed by atoms with van der Waals surface area (Å²) in [6.07, 6.45) is 1.30. The van der Waals surface area contributed by atoms with Crippen LogP contribution in [0.5, 0.6) is 0 Å². The van der Waals surface area contributed by atoms with Crippen molar-refractivity contribution in [3.8, 4) is 11.8 Å². The largest absolute Gasteiger partial charge is 0.344 e. The van der Waals surface area contributed by atoms with Gasteiger partial charge in [-0.05, 0) is 19.8 Å². The molecule has 0 atom stereocenters. The van der Waals surface area contributed by atoms with Crippen molar-refractivity contribution in [1.29, 1.82) is 0 Å². The Labute approximate surface area is 80.1 Å². The Balaban J connectivity index is 4.12. The summed E-state index contributed by atoms with van der Waals surface area (Å²) in [4.78, 5) is 11.5. The fraction of sp³-hybridized carbons (Fsp3) is 0.700. The summed E-state index contributed by atoms with van der Waals surface area (Å²) < 4.78 is 0. The summed E-state index contributed by atoms with van der Waals surface area (Å²) in [6.45, 7) is 5.94. The van der Waals surface area contributed by atoms with Gasteiger partial charge < -0.3 is 11.1 Å². The van der Waals surface area contributed by atoms with Gasteiger partial charge in [0, 0.05) is 0 Å². The highest BCUT2D eigenvalue weighted by atomic mass is 16.2. The quantitative estimate of drug-likeness (QED) is 0.627. The van der Waals surface area contributed by atoms with Crippen molar-refractivity contribution in [3.05, 3.63) is 0 Å². The average Bonchev–Trinajstić information content (AvgIpc) is 2.17. The fourth-order valence-corrected chi connectivity index (χ4v) is 0.960. The third-order valence-electron chi connectivity index (χ3n) is 2.23. The van der Waals surface area contributed by atoms with Crippen molar-refractivity contribution in [1.82, 2.24) is 5.32 Å². The van der Waals surface area contributed by atoms with E-state index in [1.807, 2.05) is 13.8 Å². The van der Waals surface area contributed by atoms with Gasteiger partial charge in [0.1, 0.15) is 0 Å². The number of hydrogen-bond donors (Lipinski definition) is 2. The zero-order valence-electron chi connectivity index (χ0n) is 8.61. The zero-order chi connectivity index (χ0) is 10.3. The van der Waals surface area contributed by atoms with Crippen LogP contribution in [-0.2, 0) is 4.79 Å². The summed E-state index contributed by atoms with van der Waals surface area (Å²) >= 11 is 0. The number of rotatable bonds is 4. The Hall–Kier alpha value is -1.01. The van der Waals surface area contributed by atoms with E-state index in [4.69, 9.17) is 5.73 Å². The normalized spacial score (nSPS) is 10.2. The smallest absolute Gasteiger partial charge is 0.240 e. The summed E-state index contributed by atoms with van der Waals surface area (Å²) in [5.74, 6) is 5.36. The Kier molecular flexibility index (Phi) is 5.17. The lowest BCUT2D eigenvalue weighted by Crippen LogP contribution is -2.53. The van der Waals surface area contributed by atoms with Gasteiger partial charge in [0.2, 0.25) is 5.91 Å². The Morgan fingerprint density at radius 3 is 2.38 bits per heavy atom.